The summed E-state index contributed by atoms with van der Waals surface area (Å²) >= 11 is 0. The van der Waals surface area contributed by atoms with E-state index in [1.807, 2.05) is 13.8 Å². The van der Waals surface area contributed by atoms with Gasteiger partial charge >= 0.3 is 0 Å². The lowest BCUT2D eigenvalue weighted by Gasteiger charge is -2.49. The topological polar surface area (TPSA) is 78.8 Å². The quantitative estimate of drug-likeness (QED) is 0.635. The normalized spacial score (nSPS) is 30.6. The molecule has 2 N–H and O–H groups in total. The Morgan fingerprint density at radius 3 is 2.56 bits per heavy atom. The van der Waals surface area contributed by atoms with Gasteiger partial charge in [0.1, 0.15) is 0 Å². The standard InChI is InChI=1S/C19H28N2O3S/c1-14-8-10-16(11-9-14)25(23,24)21-20-15(2)19-12-4-3-6-17(19)18(22)7-5-13-19/h8-11,17-18,21-22H,3-7,12-13H2,1-2H3/b20-15+/t17-,18-,19-/m1/s1. The smallest absolute Gasteiger partial charge is 0.276 e. The number of aliphatic hydroxyl groups is 1. The van der Waals surface area contributed by atoms with Crippen LogP contribution in [0.1, 0.15) is 57.4 Å². The van der Waals surface area contributed by atoms with Crippen LogP contribution in [0.4, 0.5) is 0 Å². The van der Waals surface area contributed by atoms with Crippen LogP contribution >= 0.6 is 0 Å². The van der Waals surface area contributed by atoms with Gasteiger partial charge in [-0.05, 0) is 64.0 Å². The van der Waals surface area contributed by atoms with Crippen LogP contribution in [0, 0.1) is 18.3 Å². The van der Waals surface area contributed by atoms with Gasteiger partial charge in [-0.1, -0.05) is 30.5 Å². The minimum absolute atomic E-state index is 0.161. The Bertz CT molecular complexity index is 738. The van der Waals surface area contributed by atoms with E-state index >= 15 is 0 Å². The summed E-state index contributed by atoms with van der Waals surface area (Å²) in [5.74, 6) is 0.197. The number of fused-ring (bicyclic) bond motifs is 1. The number of nitrogens with one attached hydrogen (secondary N) is 1. The predicted molar refractivity (Wildman–Crippen MR) is 98.9 cm³/mol. The van der Waals surface area contributed by atoms with Crippen LogP contribution in [0.5, 0.6) is 0 Å². The molecule has 0 saturated heterocycles. The Hall–Kier alpha value is -1.40. The minimum atomic E-state index is -3.67. The fraction of sp³-hybridized carbons (Fsp3) is 0.632. The molecule has 5 nitrogen and oxygen atoms in total. The van der Waals surface area contributed by atoms with Crippen molar-refractivity contribution in [1.82, 2.24) is 4.83 Å². The summed E-state index contributed by atoms with van der Waals surface area (Å²) in [7, 11) is -3.67. The summed E-state index contributed by atoms with van der Waals surface area (Å²) in [4.78, 5) is 2.63. The Kier molecular flexibility index (Phi) is 5.21. The second kappa shape index (κ2) is 7.08. The fourth-order valence-electron chi connectivity index (χ4n) is 4.61. The summed E-state index contributed by atoms with van der Waals surface area (Å²) in [5, 5.41) is 14.8. The van der Waals surface area contributed by atoms with Crippen LogP contribution in [0.15, 0.2) is 34.3 Å². The van der Waals surface area contributed by atoms with Crippen molar-refractivity contribution < 1.29 is 13.5 Å². The van der Waals surface area contributed by atoms with Gasteiger partial charge in [0.05, 0.1) is 11.0 Å². The molecular formula is C19H28N2O3S. The van der Waals surface area contributed by atoms with Crippen LogP contribution in [0.3, 0.4) is 0 Å². The van der Waals surface area contributed by atoms with Gasteiger partial charge in [-0.2, -0.15) is 13.5 Å². The highest BCUT2D eigenvalue weighted by molar-refractivity contribution is 7.89. The molecule has 3 atom stereocenters. The highest BCUT2D eigenvalue weighted by atomic mass is 32.2. The van der Waals surface area contributed by atoms with Crippen LogP contribution in [0.25, 0.3) is 0 Å². The van der Waals surface area contributed by atoms with Crippen LogP contribution < -0.4 is 4.83 Å². The number of rotatable bonds is 4. The maximum atomic E-state index is 12.5. The molecule has 2 aliphatic rings. The van der Waals surface area contributed by atoms with Crippen molar-refractivity contribution in [3.8, 4) is 0 Å². The van der Waals surface area contributed by atoms with Gasteiger partial charge < -0.3 is 5.11 Å². The third kappa shape index (κ3) is 3.60. The second-order valence-corrected chi connectivity index (χ2v) is 9.23. The van der Waals surface area contributed by atoms with Crippen LogP contribution in [0.2, 0.25) is 0 Å². The molecule has 138 valence electrons. The lowest BCUT2D eigenvalue weighted by molar-refractivity contribution is -0.0177. The molecule has 2 aliphatic carbocycles. The van der Waals surface area contributed by atoms with E-state index in [2.05, 4.69) is 9.93 Å². The average molecular weight is 365 g/mol. The first kappa shape index (κ1) is 18.4. The van der Waals surface area contributed by atoms with E-state index in [0.29, 0.717) is 0 Å². The number of aliphatic hydroxyl groups excluding tert-OH is 1. The first-order valence-electron chi connectivity index (χ1n) is 9.16. The van der Waals surface area contributed by atoms with Gasteiger partial charge in [-0.3, -0.25) is 0 Å². The van der Waals surface area contributed by atoms with E-state index < -0.39 is 10.0 Å². The Balaban J connectivity index is 1.83. The zero-order valence-electron chi connectivity index (χ0n) is 15.0. The molecule has 6 heteroatoms. The van der Waals surface area contributed by atoms with Crippen molar-refractivity contribution in [1.29, 1.82) is 0 Å². The van der Waals surface area contributed by atoms with Crippen molar-refractivity contribution in [2.24, 2.45) is 16.4 Å². The number of benzene rings is 1. The molecule has 0 amide bonds. The summed E-state index contributed by atoms with van der Waals surface area (Å²) in [5.41, 5.74) is 1.66. The molecule has 0 unspecified atom stereocenters. The van der Waals surface area contributed by atoms with Crippen molar-refractivity contribution in [3.63, 3.8) is 0 Å². The number of aryl methyl sites for hydroxylation is 1. The van der Waals surface area contributed by atoms with Gasteiger partial charge in [0.15, 0.2) is 0 Å². The Labute approximate surface area is 150 Å². The first-order valence-corrected chi connectivity index (χ1v) is 10.6. The maximum absolute atomic E-state index is 12.5. The number of sulfonamides is 1. The van der Waals surface area contributed by atoms with E-state index in [1.54, 1.807) is 24.3 Å². The minimum Gasteiger partial charge on any atom is -0.393 e. The average Bonchev–Trinajstić information content (AvgIpc) is 2.60. The van der Waals surface area contributed by atoms with Crippen molar-refractivity contribution >= 4 is 15.7 Å². The number of hydrazone groups is 1. The van der Waals surface area contributed by atoms with Crippen LogP contribution in [-0.2, 0) is 10.0 Å². The van der Waals surface area contributed by atoms with E-state index in [9.17, 15) is 13.5 Å². The van der Waals surface area contributed by atoms with E-state index in [0.717, 1.165) is 56.2 Å². The van der Waals surface area contributed by atoms with E-state index in [4.69, 9.17) is 0 Å². The molecule has 0 aromatic heterocycles. The van der Waals surface area contributed by atoms with Crippen LogP contribution in [-0.4, -0.2) is 25.3 Å². The van der Waals surface area contributed by atoms with Gasteiger partial charge in [-0.15, -0.1) is 0 Å². The summed E-state index contributed by atoms with van der Waals surface area (Å²) in [6.45, 7) is 3.83. The van der Waals surface area contributed by atoms with Crippen molar-refractivity contribution in [3.05, 3.63) is 29.8 Å². The summed E-state index contributed by atoms with van der Waals surface area (Å²) in [6.07, 6.45) is 6.72. The molecule has 0 aliphatic heterocycles. The largest absolute Gasteiger partial charge is 0.393 e. The maximum Gasteiger partial charge on any atom is 0.276 e. The molecule has 1 aromatic rings. The van der Waals surface area contributed by atoms with Gasteiger partial charge in [0, 0.05) is 11.1 Å². The molecule has 0 heterocycles. The number of hydrogen-bond donors (Lipinski definition) is 2. The molecule has 0 bridgehead atoms. The van der Waals surface area contributed by atoms with Crippen molar-refractivity contribution in [2.45, 2.75) is 69.8 Å². The van der Waals surface area contributed by atoms with Gasteiger partial charge in [0.2, 0.25) is 0 Å². The predicted octanol–water partition coefficient (Wildman–Crippen LogP) is 3.37. The zero-order chi connectivity index (χ0) is 18.1. The SMILES string of the molecule is C/C(=N\NS(=O)(=O)c1ccc(C)cc1)[C@]12CCCC[C@@H]1[C@H](O)CCC2. The summed E-state index contributed by atoms with van der Waals surface area (Å²) in [6, 6.07) is 6.74. The molecule has 2 saturated carbocycles. The lowest BCUT2D eigenvalue weighted by Crippen LogP contribution is -2.49. The van der Waals surface area contributed by atoms with E-state index in [1.165, 1.54) is 0 Å². The molecule has 25 heavy (non-hydrogen) atoms. The zero-order valence-corrected chi connectivity index (χ0v) is 15.8. The number of hydrogen-bond acceptors (Lipinski definition) is 4. The van der Waals surface area contributed by atoms with Gasteiger partial charge in [-0.25, -0.2) is 4.83 Å². The van der Waals surface area contributed by atoms with Crippen molar-refractivity contribution in [2.75, 3.05) is 0 Å². The van der Waals surface area contributed by atoms with E-state index in [-0.39, 0.29) is 22.3 Å². The third-order valence-corrected chi connectivity index (χ3v) is 7.29. The fourth-order valence-corrected chi connectivity index (χ4v) is 5.46. The highest BCUT2D eigenvalue weighted by Gasteiger charge is 2.48. The molecule has 0 radical (unpaired) electrons. The van der Waals surface area contributed by atoms with Gasteiger partial charge in [0.25, 0.3) is 10.0 Å². The molecule has 3 rings (SSSR count). The number of nitrogens with zero attached hydrogens (tertiary/aromatic N) is 1. The summed E-state index contributed by atoms with van der Waals surface area (Å²) < 4.78 is 25.0. The highest BCUT2D eigenvalue weighted by Crippen LogP contribution is 2.51. The molecule has 2 fully saturated rings. The monoisotopic (exact) mass is 364 g/mol. The Morgan fingerprint density at radius 2 is 1.84 bits per heavy atom. The first-order chi connectivity index (χ1) is 11.8. The molecular weight excluding hydrogens is 336 g/mol. The Morgan fingerprint density at radius 1 is 1.16 bits per heavy atom. The molecule has 1 aromatic carbocycles. The molecule has 0 spiro atoms. The lowest BCUT2D eigenvalue weighted by atomic mass is 9.56. The third-order valence-electron chi connectivity index (χ3n) is 6.07. The second-order valence-electron chi connectivity index (χ2n) is 7.57.